The first-order valence-electron chi connectivity index (χ1n) is 12.0. The van der Waals surface area contributed by atoms with Gasteiger partial charge in [0.15, 0.2) is 0 Å². The molecule has 0 aliphatic carbocycles. The van der Waals surface area contributed by atoms with Crippen molar-refractivity contribution in [2.75, 3.05) is 13.7 Å². The van der Waals surface area contributed by atoms with Crippen molar-refractivity contribution in [1.29, 1.82) is 0 Å². The van der Waals surface area contributed by atoms with Crippen LogP contribution in [0.3, 0.4) is 0 Å². The molecule has 1 atom stereocenters. The van der Waals surface area contributed by atoms with Crippen molar-refractivity contribution in [1.82, 2.24) is 15.2 Å². The summed E-state index contributed by atoms with van der Waals surface area (Å²) in [6.45, 7) is 5.94. The number of aromatic nitrogens is 1. The van der Waals surface area contributed by atoms with E-state index < -0.39 is 5.91 Å². The number of hydrogen-bond donors (Lipinski definition) is 2. The molecule has 3 amide bonds. The molecule has 1 aromatic heterocycles. The van der Waals surface area contributed by atoms with Crippen LogP contribution in [0.25, 0.3) is 21.3 Å². The van der Waals surface area contributed by atoms with Gasteiger partial charge in [-0.05, 0) is 41.6 Å². The van der Waals surface area contributed by atoms with Crippen LogP contribution in [0.5, 0.6) is 5.75 Å². The summed E-state index contributed by atoms with van der Waals surface area (Å²) in [6.07, 6.45) is 0. The van der Waals surface area contributed by atoms with E-state index in [1.807, 2.05) is 49.4 Å². The van der Waals surface area contributed by atoms with Gasteiger partial charge in [-0.1, -0.05) is 43.0 Å². The van der Waals surface area contributed by atoms with E-state index in [9.17, 15) is 14.4 Å². The summed E-state index contributed by atoms with van der Waals surface area (Å²) in [6, 6.07) is 17.0. The fourth-order valence-electron chi connectivity index (χ4n) is 4.60. The molecule has 0 fully saturated rings. The molecule has 1 aliphatic heterocycles. The predicted octanol–water partition coefficient (Wildman–Crippen LogP) is 4.46. The lowest BCUT2D eigenvalue weighted by atomic mass is 10.0. The molecular formula is C29H26N4O4S. The van der Waals surface area contributed by atoms with Crippen LogP contribution in [0.2, 0.25) is 0 Å². The van der Waals surface area contributed by atoms with Crippen LogP contribution in [0.1, 0.15) is 44.9 Å². The van der Waals surface area contributed by atoms with Gasteiger partial charge in [0.25, 0.3) is 11.8 Å². The lowest BCUT2D eigenvalue weighted by Gasteiger charge is -2.16. The SMILES string of the molecule is C=C(CN1Cc2c(cccc2-c2nc(C(=O)NC(C)c3cc(OC)c4ccccc4c3)cs2)C1=O)C(N)=O. The minimum atomic E-state index is -0.638. The Balaban J connectivity index is 1.35. The van der Waals surface area contributed by atoms with E-state index in [2.05, 4.69) is 16.9 Å². The van der Waals surface area contributed by atoms with E-state index in [0.29, 0.717) is 22.8 Å². The zero-order valence-corrected chi connectivity index (χ0v) is 21.8. The highest BCUT2D eigenvalue weighted by molar-refractivity contribution is 7.13. The maximum atomic E-state index is 13.1. The van der Waals surface area contributed by atoms with Crippen LogP contribution in [-0.2, 0) is 11.3 Å². The Morgan fingerprint density at radius 2 is 1.95 bits per heavy atom. The van der Waals surface area contributed by atoms with Gasteiger partial charge in [0.1, 0.15) is 16.5 Å². The summed E-state index contributed by atoms with van der Waals surface area (Å²) in [5, 5.41) is 7.40. The second kappa shape index (κ2) is 10.1. The minimum Gasteiger partial charge on any atom is -0.496 e. The topological polar surface area (TPSA) is 115 Å². The largest absolute Gasteiger partial charge is 0.496 e. The van der Waals surface area contributed by atoms with Crippen molar-refractivity contribution in [2.24, 2.45) is 5.73 Å². The first-order valence-corrected chi connectivity index (χ1v) is 12.9. The summed E-state index contributed by atoms with van der Waals surface area (Å²) >= 11 is 1.34. The Labute approximate surface area is 223 Å². The van der Waals surface area contributed by atoms with Crippen molar-refractivity contribution in [3.8, 4) is 16.3 Å². The van der Waals surface area contributed by atoms with Gasteiger partial charge in [-0.3, -0.25) is 14.4 Å². The third-order valence-electron chi connectivity index (χ3n) is 6.65. The highest BCUT2D eigenvalue weighted by Gasteiger charge is 2.31. The third-order valence-corrected chi connectivity index (χ3v) is 7.53. The molecule has 5 rings (SSSR count). The first kappa shape index (κ1) is 25.2. The lowest BCUT2D eigenvalue weighted by molar-refractivity contribution is -0.114. The minimum absolute atomic E-state index is 0.0608. The number of benzene rings is 3. The van der Waals surface area contributed by atoms with E-state index in [0.717, 1.165) is 33.2 Å². The maximum Gasteiger partial charge on any atom is 0.271 e. The lowest BCUT2D eigenvalue weighted by Crippen LogP contribution is -2.30. The predicted molar refractivity (Wildman–Crippen MR) is 147 cm³/mol. The van der Waals surface area contributed by atoms with Gasteiger partial charge in [-0.15, -0.1) is 11.3 Å². The van der Waals surface area contributed by atoms with Crippen molar-refractivity contribution in [3.05, 3.63) is 94.5 Å². The van der Waals surface area contributed by atoms with Gasteiger partial charge in [-0.2, -0.15) is 0 Å². The van der Waals surface area contributed by atoms with Crippen LogP contribution >= 0.6 is 11.3 Å². The maximum absolute atomic E-state index is 13.1. The molecule has 2 heterocycles. The van der Waals surface area contributed by atoms with Crippen molar-refractivity contribution in [3.63, 3.8) is 0 Å². The number of nitrogens with two attached hydrogens (primary N) is 1. The molecule has 0 spiro atoms. The summed E-state index contributed by atoms with van der Waals surface area (Å²) in [5.74, 6) is -0.384. The number of primary amides is 1. The monoisotopic (exact) mass is 526 g/mol. The summed E-state index contributed by atoms with van der Waals surface area (Å²) in [7, 11) is 1.63. The van der Waals surface area contributed by atoms with Crippen LogP contribution in [0.4, 0.5) is 0 Å². The number of ether oxygens (including phenoxy) is 1. The zero-order valence-electron chi connectivity index (χ0n) is 21.0. The van der Waals surface area contributed by atoms with Gasteiger partial charge in [0, 0.05) is 34.0 Å². The number of carbonyl (C=O) groups excluding carboxylic acids is 3. The molecule has 0 radical (unpaired) electrons. The van der Waals surface area contributed by atoms with Crippen LogP contribution < -0.4 is 15.8 Å². The number of carbonyl (C=O) groups is 3. The Morgan fingerprint density at radius 1 is 1.18 bits per heavy atom. The smallest absolute Gasteiger partial charge is 0.271 e. The summed E-state index contributed by atoms with van der Waals surface area (Å²) in [4.78, 5) is 43.5. The molecule has 38 heavy (non-hydrogen) atoms. The number of methoxy groups -OCH3 is 1. The highest BCUT2D eigenvalue weighted by Crippen LogP contribution is 2.35. The number of rotatable bonds is 8. The van der Waals surface area contributed by atoms with E-state index in [1.54, 1.807) is 24.6 Å². The standard InChI is InChI=1S/C29H26N4O4S/c1-16(26(30)34)13-33-14-23-21(9-6-10-22(23)29(33)36)28-32-24(15-38-28)27(35)31-17(2)19-11-18-7-4-5-8-20(18)25(12-19)37-3/h4-12,15,17H,1,13-14H2,2-3H3,(H2,30,34)(H,31,35). The Bertz CT molecular complexity index is 1610. The summed E-state index contributed by atoms with van der Waals surface area (Å²) < 4.78 is 5.57. The highest BCUT2D eigenvalue weighted by atomic mass is 32.1. The van der Waals surface area contributed by atoms with Crippen molar-refractivity contribution >= 4 is 39.8 Å². The van der Waals surface area contributed by atoms with Gasteiger partial charge in [0.05, 0.1) is 19.7 Å². The Hall–Kier alpha value is -4.50. The molecule has 0 saturated carbocycles. The number of hydrogen-bond acceptors (Lipinski definition) is 6. The van der Waals surface area contributed by atoms with E-state index in [-0.39, 0.29) is 30.0 Å². The average molecular weight is 527 g/mol. The van der Waals surface area contributed by atoms with E-state index in [1.165, 1.54) is 16.2 Å². The van der Waals surface area contributed by atoms with E-state index in [4.69, 9.17) is 10.5 Å². The number of nitrogens with zero attached hydrogens (tertiary/aromatic N) is 2. The quantitative estimate of drug-likeness (QED) is 0.329. The van der Waals surface area contributed by atoms with E-state index >= 15 is 0 Å². The fourth-order valence-corrected chi connectivity index (χ4v) is 5.45. The first-order chi connectivity index (χ1) is 18.3. The second-order valence-electron chi connectivity index (χ2n) is 9.14. The molecule has 192 valence electrons. The Morgan fingerprint density at radius 3 is 2.71 bits per heavy atom. The fraction of sp³-hybridized carbons (Fsp3) is 0.172. The normalized spacial score (nSPS) is 13.3. The van der Waals surface area contributed by atoms with Crippen LogP contribution in [-0.4, -0.2) is 41.3 Å². The molecule has 4 aromatic rings. The van der Waals surface area contributed by atoms with Gasteiger partial charge in [-0.25, -0.2) is 4.98 Å². The summed E-state index contributed by atoms with van der Waals surface area (Å²) in [5.41, 5.74) is 8.80. The number of fused-ring (bicyclic) bond motifs is 2. The molecule has 0 saturated heterocycles. The molecule has 9 heteroatoms. The van der Waals surface area contributed by atoms with Crippen molar-refractivity contribution < 1.29 is 19.1 Å². The molecule has 0 bridgehead atoms. The van der Waals surface area contributed by atoms with Crippen LogP contribution in [0.15, 0.2) is 72.1 Å². The number of amides is 3. The molecular weight excluding hydrogens is 500 g/mol. The third kappa shape index (κ3) is 4.64. The molecule has 1 aliphatic rings. The van der Waals surface area contributed by atoms with Gasteiger partial charge < -0.3 is 20.7 Å². The molecule has 3 aromatic carbocycles. The van der Waals surface area contributed by atoms with Gasteiger partial charge in [0.2, 0.25) is 5.91 Å². The Kier molecular flexibility index (Phi) is 6.69. The van der Waals surface area contributed by atoms with Crippen LogP contribution in [0, 0.1) is 0 Å². The average Bonchev–Trinajstić information content (AvgIpc) is 3.53. The molecule has 3 N–H and O–H groups in total. The number of nitrogens with one attached hydrogen (secondary N) is 1. The second-order valence-corrected chi connectivity index (χ2v) is 10.00. The van der Waals surface area contributed by atoms with Gasteiger partial charge >= 0.3 is 0 Å². The molecule has 8 nitrogen and oxygen atoms in total. The molecule has 1 unspecified atom stereocenters. The zero-order chi connectivity index (χ0) is 27.0. The van der Waals surface area contributed by atoms with Crippen molar-refractivity contribution in [2.45, 2.75) is 19.5 Å². The number of thiazole rings is 1.